The molecule has 4 heteroatoms. The lowest BCUT2D eigenvalue weighted by molar-refractivity contribution is 0.249. The molecule has 0 heterocycles. The van der Waals surface area contributed by atoms with Gasteiger partial charge in [0.25, 0.3) is 0 Å². The van der Waals surface area contributed by atoms with Gasteiger partial charge in [-0.25, -0.2) is 4.79 Å². The van der Waals surface area contributed by atoms with Crippen LogP contribution in [0.25, 0.3) is 0 Å². The van der Waals surface area contributed by atoms with Crippen LogP contribution in [0, 0.1) is 0 Å². The molecule has 1 atom stereocenters. The van der Waals surface area contributed by atoms with E-state index < -0.39 is 0 Å². The summed E-state index contributed by atoms with van der Waals surface area (Å²) in [5.41, 5.74) is 3.18. The van der Waals surface area contributed by atoms with Crippen LogP contribution in [0.2, 0.25) is 0 Å². The average Bonchev–Trinajstić information content (AvgIpc) is 2.55. The van der Waals surface area contributed by atoms with E-state index >= 15 is 0 Å². The van der Waals surface area contributed by atoms with Crippen molar-refractivity contribution in [3.8, 4) is 5.75 Å². The predicted molar refractivity (Wildman–Crippen MR) is 94.1 cm³/mol. The number of carbonyl (C=O) groups is 1. The molecule has 2 aromatic rings. The minimum absolute atomic E-state index is 0.0250. The molecule has 0 saturated carbocycles. The molecule has 2 rings (SSSR count). The Kier molecular flexibility index (Phi) is 6.03. The monoisotopic (exact) mass is 312 g/mol. The van der Waals surface area contributed by atoms with Gasteiger partial charge in [0, 0.05) is 11.7 Å². The number of aryl methyl sites for hydroxylation is 1. The first-order valence-electron chi connectivity index (χ1n) is 7.90. The van der Waals surface area contributed by atoms with Crippen molar-refractivity contribution in [3.05, 3.63) is 59.7 Å². The van der Waals surface area contributed by atoms with Crippen molar-refractivity contribution in [2.24, 2.45) is 0 Å². The molecule has 0 aliphatic carbocycles. The molecule has 2 amide bonds. The van der Waals surface area contributed by atoms with E-state index in [-0.39, 0.29) is 12.1 Å². The lowest BCUT2D eigenvalue weighted by atomic mass is 10.1. The van der Waals surface area contributed by atoms with Crippen molar-refractivity contribution in [1.29, 1.82) is 0 Å². The summed E-state index contributed by atoms with van der Waals surface area (Å²) in [7, 11) is 1.65. The number of methoxy groups -OCH3 is 1. The lowest BCUT2D eigenvalue weighted by Gasteiger charge is -2.15. The van der Waals surface area contributed by atoms with E-state index in [0.717, 1.165) is 29.8 Å². The lowest BCUT2D eigenvalue weighted by Crippen LogP contribution is -2.37. The van der Waals surface area contributed by atoms with Crippen molar-refractivity contribution >= 4 is 11.7 Å². The Labute approximate surface area is 137 Å². The van der Waals surface area contributed by atoms with E-state index in [9.17, 15) is 4.79 Å². The molecule has 0 aromatic heterocycles. The second-order valence-corrected chi connectivity index (χ2v) is 5.61. The van der Waals surface area contributed by atoms with Crippen LogP contribution < -0.4 is 15.4 Å². The first-order valence-corrected chi connectivity index (χ1v) is 7.90. The molecule has 2 aromatic carbocycles. The zero-order valence-electron chi connectivity index (χ0n) is 13.9. The number of carbonyl (C=O) groups excluding carboxylic acids is 1. The molecule has 0 fully saturated rings. The molecule has 122 valence electrons. The number of nitrogens with one attached hydrogen (secondary N) is 2. The SMILES string of the molecule is CCc1ccc(NC(=O)NC(C)Cc2cccc(OC)c2)cc1. The Morgan fingerprint density at radius 3 is 2.52 bits per heavy atom. The van der Waals surface area contributed by atoms with E-state index in [1.807, 2.05) is 55.5 Å². The fraction of sp³-hybridized carbons (Fsp3) is 0.316. The largest absolute Gasteiger partial charge is 0.497 e. The van der Waals surface area contributed by atoms with Crippen LogP contribution in [0.4, 0.5) is 10.5 Å². The first kappa shape index (κ1) is 16.9. The fourth-order valence-corrected chi connectivity index (χ4v) is 2.42. The number of urea groups is 1. The van der Waals surface area contributed by atoms with Gasteiger partial charge in [-0.2, -0.15) is 0 Å². The van der Waals surface area contributed by atoms with Crippen LogP contribution >= 0.6 is 0 Å². The summed E-state index contributed by atoms with van der Waals surface area (Å²) in [4.78, 5) is 12.0. The minimum Gasteiger partial charge on any atom is -0.497 e. The Hall–Kier alpha value is -2.49. The van der Waals surface area contributed by atoms with Crippen LogP contribution in [-0.2, 0) is 12.8 Å². The molecule has 0 bridgehead atoms. The van der Waals surface area contributed by atoms with Crippen molar-refractivity contribution < 1.29 is 9.53 Å². The standard InChI is InChI=1S/C19H24N2O2/c1-4-15-8-10-17(11-9-15)21-19(22)20-14(2)12-16-6-5-7-18(13-16)23-3/h5-11,13-14H,4,12H2,1-3H3,(H2,20,21,22). The summed E-state index contributed by atoms with van der Waals surface area (Å²) < 4.78 is 5.22. The Morgan fingerprint density at radius 2 is 1.87 bits per heavy atom. The van der Waals surface area contributed by atoms with Gasteiger partial charge in [-0.3, -0.25) is 0 Å². The van der Waals surface area contributed by atoms with Crippen molar-refractivity contribution in [2.75, 3.05) is 12.4 Å². The van der Waals surface area contributed by atoms with Crippen LogP contribution in [-0.4, -0.2) is 19.2 Å². The molecule has 0 aliphatic rings. The topological polar surface area (TPSA) is 50.4 Å². The number of hydrogen-bond donors (Lipinski definition) is 2. The van der Waals surface area contributed by atoms with E-state index in [1.54, 1.807) is 7.11 Å². The Bertz CT molecular complexity index is 638. The quantitative estimate of drug-likeness (QED) is 0.846. The van der Waals surface area contributed by atoms with Crippen molar-refractivity contribution in [3.63, 3.8) is 0 Å². The zero-order chi connectivity index (χ0) is 16.7. The van der Waals surface area contributed by atoms with Gasteiger partial charge in [0.15, 0.2) is 0 Å². The second kappa shape index (κ2) is 8.22. The highest BCUT2D eigenvalue weighted by Gasteiger charge is 2.09. The van der Waals surface area contributed by atoms with Gasteiger partial charge < -0.3 is 15.4 Å². The summed E-state index contributed by atoms with van der Waals surface area (Å²) in [6.07, 6.45) is 1.74. The molecular formula is C19H24N2O2. The maximum absolute atomic E-state index is 12.0. The minimum atomic E-state index is -0.190. The fourth-order valence-electron chi connectivity index (χ4n) is 2.42. The summed E-state index contributed by atoms with van der Waals surface area (Å²) in [5.74, 6) is 0.829. The molecule has 0 spiro atoms. The number of ether oxygens (including phenoxy) is 1. The Balaban J connectivity index is 1.86. The Morgan fingerprint density at radius 1 is 1.13 bits per heavy atom. The molecule has 2 N–H and O–H groups in total. The van der Waals surface area contributed by atoms with Gasteiger partial charge in [0.2, 0.25) is 0 Å². The van der Waals surface area contributed by atoms with Crippen LogP contribution in [0.3, 0.4) is 0 Å². The van der Waals surface area contributed by atoms with E-state index in [4.69, 9.17) is 4.74 Å². The van der Waals surface area contributed by atoms with Gasteiger partial charge in [-0.05, 0) is 55.2 Å². The summed E-state index contributed by atoms with van der Waals surface area (Å²) in [6.45, 7) is 4.09. The highest BCUT2D eigenvalue weighted by atomic mass is 16.5. The summed E-state index contributed by atoms with van der Waals surface area (Å²) in [5, 5.41) is 5.81. The van der Waals surface area contributed by atoms with Gasteiger partial charge >= 0.3 is 6.03 Å². The smallest absolute Gasteiger partial charge is 0.319 e. The highest BCUT2D eigenvalue weighted by Crippen LogP contribution is 2.14. The third-order valence-corrected chi connectivity index (χ3v) is 3.67. The van der Waals surface area contributed by atoms with Crippen LogP contribution in [0.1, 0.15) is 25.0 Å². The maximum atomic E-state index is 12.0. The zero-order valence-corrected chi connectivity index (χ0v) is 13.9. The third-order valence-electron chi connectivity index (χ3n) is 3.67. The van der Waals surface area contributed by atoms with Crippen LogP contribution in [0.5, 0.6) is 5.75 Å². The molecule has 4 nitrogen and oxygen atoms in total. The second-order valence-electron chi connectivity index (χ2n) is 5.61. The van der Waals surface area contributed by atoms with Gasteiger partial charge in [0.1, 0.15) is 5.75 Å². The predicted octanol–water partition coefficient (Wildman–Crippen LogP) is 4.01. The first-order chi connectivity index (χ1) is 11.1. The number of amides is 2. The van der Waals surface area contributed by atoms with E-state index in [1.165, 1.54) is 5.56 Å². The molecule has 1 unspecified atom stereocenters. The van der Waals surface area contributed by atoms with Crippen molar-refractivity contribution in [1.82, 2.24) is 5.32 Å². The molecular weight excluding hydrogens is 288 g/mol. The van der Waals surface area contributed by atoms with Crippen molar-refractivity contribution in [2.45, 2.75) is 32.7 Å². The normalized spacial score (nSPS) is 11.6. The third kappa shape index (κ3) is 5.33. The van der Waals surface area contributed by atoms with Gasteiger partial charge in [0.05, 0.1) is 7.11 Å². The molecule has 0 aliphatic heterocycles. The van der Waals surface area contributed by atoms with Crippen LogP contribution in [0.15, 0.2) is 48.5 Å². The summed E-state index contributed by atoms with van der Waals surface area (Å²) in [6, 6.07) is 15.6. The number of anilines is 1. The van der Waals surface area contributed by atoms with E-state index in [2.05, 4.69) is 17.6 Å². The molecule has 23 heavy (non-hydrogen) atoms. The number of rotatable bonds is 6. The van der Waals surface area contributed by atoms with Gasteiger partial charge in [-0.1, -0.05) is 31.2 Å². The average molecular weight is 312 g/mol. The molecule has 0 saturated heterocycles. The molecule has 0 radical (unpaired) electrons. The maximum Gasteiger partial charge on any atom is 0.319 e. The highest BCUT2D eigenvalue weighted by molar-refractivity contribution is 5.89. The van der Waals surface area contributed by atoms with Gasteiger partial charge in [-0.15, -0.1) is 0 Å². The number of hydrogen-bond acceptors (Lipinski definition) is 2. The number of benzene rings is 2. The summed E-state index contributed by atoms with van der Waals surface area (Å²) >= 11 is 0. The van der Waals surface area contributed by atoms with E-state index in [0.29, 0.717) is 0 Å².